The fourth-order valence-electron chi connectivity index (χ4n) is 2.59. The van der Waals surface area contributed by atoms with Crippen LogP contribution in [0.5, 0.6) is 5.75 Å². The molecule has 106 valence electrons. The second-order valence-corrected chi connectivity index (χ2v) is 6.29. The minimum absolute atomic E-state index is 0.561. The highest BCUT2D eigenvalue weighted by molar-refractivity contribution is 6.30. The first-order chi connectivity index (χ1) is 9.06. The van der Waals surface area contributed by atoms with Gasteiger partial charge in [0, 0.05) is 17.5 Å². The highest BCUT2D eigenvalue weighted by atomic mass is 35.5. The van der Waals surface area contributed by atoms with Gasteiger partial charge in [-0.15, -0.1) is 0 Å². The number of halogens is 1. The maximum absolute atomic E-state index is 6.19. The predicted molar refractivity (Wildman–Crippen MR) is 81.3 cm³/mol. The molecule has 2 rings (SSSR count). The van der Waals surface area contributed by atoms with Crippen LogP contribution >= 0.6 is 11.6 Å². The lowest BCUT2D eigenvalue weighted by molar-refractivity contribution is 0.350. The fraction of sp³-hybridized carbons (Fsp3) is 0.625. The molecular formula is C16H24ClNO. The van der Waals surface area contributed by atoms with Crippen molar-refractivity contribution in [3.63, 3.8) is 0 Å². The normalized spacial score (nSPS) is 15.4. The minimum atomic E-state index is 0.561. The smallest absolute Gasteiger partial charge is 0.125 e. The fourth-order valence-corrected chi connectivity index (χ4v) is 2.86. The molecule has 0 bridgehead atoms. The molecule has 0 fully saturated rings. The summed E-state index contributed by atoms with van der Waals surface area (Å²) >= 11 is 6.19. The van der Waals surface area contributed by atoms with E-state index < -0.39 is 0 Å². The molecule has 1 heterocycles. The van der Waals surface area contributed by atoms with Gasteiger partial charge in [0.15, 0.2) is 0 Å². The summed E-state index contributed by atoms with van der Waals surface area (Å²) in [5, 5.41) is 4.31. The third-order valence-corrected chi connectivity index (χ3v) is 3.80. The number of hydrogen-bond acceptors (Lipinski definition) is 2. The molecule has 0 saturated heterocycles. The molecule has 1 aromatic rings. The number of rotatable bonds is 6. The zero-order valence-electron chi connectivity index (χ0n) is 12.1. The highest BCUT2D eigenvalue weighted by Gasteiger charge is 2.18. The summed E-state index contributed by atoms with van der Waals surface area (Å²) in [5.74, 6) is 1.73. The molecule has 0 saturated carbocycles. The minimum Gasteiger partial charge on any atom is -0.493 e. The van der Waals surface area contributed by atoms with Crippen LogP contribution in [0.4, 0.5) is 0 Å². The Morgan fingerprint density at radius 1 is 1.32 bits per heavy atom. The molecule has 1 N–H and O–H groups in total. The second-order valence-electron chi connectivity index (χ2n) is 5.86. The van der Waals surface area contributed by atoms with Crippen molar-refractivity contribution in [2.45, 2.75) is 46.1 Å². The lowest BCUT2D eigenvalue weighted by Gasteiger charge is -2.16. The molecule has 3 heteroatoms. The van der Waals surface area contributed by atoms with Crippen LogP contribution in [0.15, 0.2) is 12.1 Å². The maximum Gasteiger partial charge on any atom is 0.125 e. The molecule has 19 heavy (non-hydrogen) atoms. The average molecular weight is 282 g/mol. The van der Waals surface area contributed by atoms with Crippen molar-refractivity contribution in [3.05, 3.63) is 28.3 Å². The van der Waals surface area contributed by atoms with Crippen LogP contribution < -0.4 is 10.1 Å². The van der Waals surface area contributed by atoms with E-state index >= 15 is 0 Å². The Bertz CT molecular complexity index is 431. The topological polar surface area (TPSA) is 21.3 Å². The van der Waals surface area contributed by atoms with E-state index in [4.69, 9.17) is 16.3 Å². The summed E-state index contributed by atoms with van der Waals surface area (Å²) in [6.07, 6.45) is 3.22. The van der Waals surface area contributed by atoms with Gasteiger partial charge >= 0.3 is 0 Å². The van der Waals surface area contributed by atoms with E-state index in [1.54, 1.807) is 0 Å². The van der Waals surface area contributed by atoms with Crippen molar-refractivity contribution < 1.29 is 4.74 Å². The first kappa shape index (κ1) is 14.7. The van der Waals surface area contributed by atoms with Gasteiger partial charge in [0.2, 0.25) is 0 Å². The Morgan fingerprint density at radius 2 is 2.11 bits per heavy atom. The van der Waals surface area contributed by atoms with Gasteiger partial charge in [-0.2, -0.15) is 0 Å². The Balaban J connectivity index is 1.95. The van der Waals surface area contributed by atoms with Gasteiger partial charge in [0.05, 0.1) is 6.61 Å². The maximum atomic E-state index is 6.19. The van der Waals surface area contributed by atoms with Crippen LogP contribution in [0, 0.1) is 5.92 Å². The van der Waals surface area contributed by atoms with E-state index in [-0.39, 0.29) is 0 Å². The van der Waals surface area contributed by atoms with Crippen molar-refractivity contribution in [3.8, 4) is 5.75 Å². The van der Waals surface area contributed by atoms with Crippen LogP contribution in [-0.4, -0.2) is 19.2 Å². The molecule has 0 aromatic heterocycles. The van der Waals surface area contributed by atoms with E-state index in [0.717, 1.165) is 36.8 Å². The van der Waals surface area contributed by atoms with Gasteiger partial charge in [0.25, 0.3) is 0 Å². The number of benzene rings is 1. The van der Waals surface area contributed by atoms with Crippen LogP contribution in [-0.2, 0) is 12.8 Å². The van der Waals surface area contributed by atoms with E-state index in [1.165, 1.54) is 17.5 Å². The lowest BCUT2D eigenvalue weighted by Crippen LogP contribution is -2.25. The standard InChI is InChI=1S/C16H24ClNO/c1-11(2)18-6-4-12(3)8-14-10-15(17)9-13-5-7-19-16(13)14/h9-12,18H,4-8H2,1-3H3. The summed E-state index contributed by atoms with van der Waals surface area (Å²) in [4.78, 5) is 0. The van der Waals surface area contributed by atoms with Crippen molar-refractivity contribution in [1.82, 2.24) is 5.32 Å². The largest absolute Gasteiger partial charge is 0.493 e. The van der Waals surface area contributed by atoms with Crippen molar-refractivity contribution >= 4 is 11.6 Å². The Morgan fingerprint density at radius 3 is 2.84 bits per heavy atom. The molecule has 0 aliphatic carbocycles. The van der Waals surface area contributed by atoms with Gasteiger partial charge in [-0.05, 0) is 48.6 Å². The molecule has 1 atom stereocenters. The van der Waals surface area contributed by atoms with Gasteiger partial charge in [-0.1, -0.05) is 32.4 Å². The quantitative estimate of drug-likeness (QED) is 0.855. The second kappa shape index (κ2) is 6.62. The van der Waals surface area contributed by atoms with Crippen LogP contribution in [0.3, 0.4) is 0 Å². The predicted octanol–water partition coefficient (Wildman–Crippen LogP) is 3.84. The van der Waals surface area contributed by atoms with Crippen molar-refractivity contribution in [1.29, 1.82) is 0 Å². The van der Waals surface area contributed by atoms with Gasteiger partial charge < -0.3 is 10.1 Å². The van der Waals surface area contributed by atoms with Gasteiger partial charge in [-0.3, -0.25) is 0 Å². The Labute approximate surface area is 121 Å². The summed E-state index contributed by atoms with van der Waals surface area (Å²) in [5.41, 5.74) is 2.55. The number of fused-ring (bicyclic) bond motifs is 1. The number of nitrogens with one attached hydrogen (secondary N) is 1. The summed E-state index contributed by atoms with van der Waals surface area (Å²) in [7, 11) is 0. The van der Waals surface area contributed by atoms with Gasteiger partial charge in [-0.25, -0.2) is 0 Å². The van der Waals surface area contributed by atoms with Crippen LogP contribution in [0.1, 0.15) is 38.3 Å². The summed E-state index contributed by atoms with van der Waals surface area (Å²) in [6, 6.07) is 4.67. The zero-order valence-corrected chi connectivity index (χ0v) is 12.9. The summed E-state index contributed by atoms with van der Waals surface area (Å²) < 4.78 is 5.75. The summed E-state index contributed by atoms with van der Waals surface area (Å²) in [6.45, 7) is 8.53. The van der Waals surface area contributed by atoms with E-state index in [2.05, 4.69) is 32.2 Å². The first-order valence-electron chi connectivity index (χ1n) is 7.23. The van der Waals surface area contributed by atoms with E-state index in [9.17, 15) is 0 Å². The molecular weight excluding hydrogens is 258 g/mol. The lowest BCUT2D eigenvalue weighted by atomic mass is 9.95. The molecule has 1 aliphatic heterocycles. The third kappa shape index (κ3) is 4.12. The molecule has 0 radical (unpaired) electrons. The molecule has 2 nitrogen and oxygen atoms in total. The van der Waals surface area contributed by atoms with Crippen molar-refractivity contribution in [2.75, 3.05) is 13.2 Å². The van der Waals surface area contributed by atoms with Crippen LogP contribution in [0.25, 0.3) is 0 Å². The SMILES string of the molecule is CC(CCNC(C)C)Cc1cc(Cl)cc2c1OCC2. The Kier molecular flexibility index (Phi) is 5.12. The Hall–Kier alpha value is -0.730. The molecule has 1 aromatic carbocycles. The number of hydrogen-bond donors (Lipinski definition) is 1. The van der Waals surface area contributed by atoms with Crippen molar-refractivity contribution in [2.24, 2.45) is 5.92 Å². The molecule has 0 spiro atoms. The number of ether oxygens (including phenoxy) is 1. The van der Waals surface area contributed by atoms with Crippen LogP contribution in [0.2, 0.25) is 5.02 Å². The highest BCUT2D eigenvalue weighted by Crippen LogP contribution is 2.34. The monoisotopic (exact) mass is 281 g/mol. The van der Waals surface area contributed by atoms with E-state index in [0.29, 0.717) is 12.0 Å². The first-order valence-corrected chi connectivity index (χ1v) is 7.61. The molecule has 1 unspecified atom stereocenters. The van der Waals surface area contributed by atoms with E-state index in [1.807, 2.05) is 6.07 Å². The average Bonchev–Trinajstić information content (AvgIpc) is 2.76. The molecule has 1 aliphatic rings. The zero-order chi connectivity index (χ0) is 13.8. The third-order valence-electron chi connectivity index (χ3n) is 3.58. The van der Waals surface area contributed by atoms with Gasteiger partial charge in [0.1, 0.15) is 5.75 Å². The molecule has 0 amide bonds.